The van der Waals surface area contributed by atoms with Gasteiger partial charge in [0, 0.05) is 41.8 Å². The van der Waals surface area contributed by atoms with Gasteiger partial charge in [-0.25, -0.2) is 9.18 Å². The van der Waals surface area contributed by atoms with E-state index in [0.717, 1.165) is 49.7 Å². The van der Waals surface area contributed by atoms with Crippen LogP contribution in [-0.4, -0.2) is 35.8 Å². The van der Waals surface area contributed by atoms with E-state index in [4.69, 9.17) is 10.5 Å². The summed E-state index contributed by atoms with van der Waals surface area (Å²) < 4.78 is 22.5. The molecular weight excluding hydrogens is 373 g/mol. The van der Waals surface area contributed by atoms with E-state index in [-0.39, 0.29) is 35.7 Å². The number of anilines is 1. The lowest BCUT2D eigenvalue weighted by molar-refractivity contribution is 0.0524. The second-order valence-electron chi connectivity index (χ2n) is 8.42. The van der Waals surface area contributed by atoms with Crippen molar-refractivity contribution in [3.63, 3.8) is 0 Å². The van der Waals surface area contributed by atoms with Gasteiger partial charge in [0.1, 0.15) is 11.4 Å². The van der Waals surface area contributed by atoms with Gasteiger partial charge in [-0.2, -0.15) is 0 Å². The number of nitrogens with two attached hydrogens (primary N) is 1. The highest BCUT2D eigenvalue weighted by molar-refractivity contribution is 5.96. The Labute approximate surface area is 168 Å². The summed E-state index contributed by atoms with van der Waals surface area (Å²) in [5.74, 6) is -1.04. The Balaban J connectivity index is 1.80. The summed E-state index contributed by atoms with van der Waals surface area (Å²) in [6, 6.07) is 1.75. The minimum atomic E-state index is -0.644. The summed E-state index contributed by atoms with van der Waals surface area (Å²) in [6.07, 6.45) is 6.99. The van der Waals surface area contributed by atoms with Crippen LogP contribution in [0.1, 0.15) is 61.0 Å². The average molecular weight is 399 g/mol. The fourth-order valence-corrected chi connectivity index (χ4v) is 5.11. The van der Waals surface area contributed by atoms with Crippen LogP contribution in [0.25, 0.3) is 10.9 Å². The molecule has 1 aliphatic carbocycles. The van der Waals surface area contributed by atoms with E-state index in [9.17, 15) is 9.59 Å². The topological polar surface area (TPSA) is 77.6 Å². The third kappa shape index (κ3) is 2.86. The Kier molecular flexibility index (Phi) is 4.38. The Morgan fingerprint density at radius 3 is 2.83 bits per heavy atom. The van der Waals surface area contributed by atoms with Crippen molar-refractivity contribution in [2.45, 2.75) is 63.6 Å². The van der Waals surface area contributed by atoms with E-state index in [2.05, 4.69) is 4.90 Å². The van der Waals surface area contributed by atoms with Crippen LogP contribution in [0.15, 0.2) is 17.1 Å². The van der Waals surface area contributed by atoms with Gasteiger partial charge in [-0.05, 0) is 51.5 Å². The lowest BCUT2D eigenvalue weighted by atomic mass is 9.99. The van der Waals surface area contributed by atoms with Crippen LogP contribution in [0.3, 0.4) is 0 Å². The molecule has 0 spiro atoms. The van der Waals surface area contributed by atoms with Crippen LogP contribution < -0.4 is 16.1 Å². The number of hydrogen-bond donors (Lipinski definition) is 1. The molecule has 1 aromatic heterocycles. The summed E-state index contributed by atoms with van der Waals surface area (Å²) in [4.78, 5) is 27.6. The standard InChI is InChI=1S/C22H26FN3O3/c1-2-29-22(28)15-11-26(12-6-7-12)19-13-4-3-5-18-17(24)8-9-25(18)20(13)16(23)10-14(19)21(15)27/h10-12,17-18H,2-9,24H2,1H3/t17-,18+/m0/s1. The first-order valence-electron chi connectivity index (χ1n) is 10.6. The highest BCUT2D eigenvalue weighted by atomic mass is 19.1. The maximum atomic E-state index is 15.4. The molecule has 0 amide bonds. The normalized spacial score (nSPS) is 23.6. The molecule has 1 saturated carbocycles. The van der Waals surface area contributed by atoms with Crippen LogP contribution >= 0.6 is 0 Å². The molecule has 7 heteroatoms. The number of ether oxygens (including phenoxy) is 1. The van der Waals surface area contributed by atoms with Gasteiger partial charge in [0.05, 0.1) is 17.8 Å². The van der Waals surface area contributed by atoms with Crippen LogP contribution in [-0.2, 0) is 11.2 Å². The Bertz CT molecular complexity index is 1060. The first kappa shape index (κ1) is 18.6. The number of rotatable bonds is 3. The van der Waals surface area contributed by atoms with Gasteiger partial charge in [-0.3, -0.25) is 4.79 Å². The SMILES string of the molecule is CCOC(=O)c1cn(C2CC2)c2c3c(c(F)cc2c1=O)N1CC[C@H](N)[C@H]1CCC3. The second kappa shape index (κ2) is 6.83. The zero-order valence-electron chi connectivity index (χ0n) is 16.6. The molecule has 0 unspecified atom stereocenters. The van der Waals surface area contributed by atoms with Crippen molar-refractivity contribution in [1.82, 2.24) is 4.57 Å². The molecule has 5 rings (SSSR count). The Hall–Kier alpha value is -2.41. The number of carbonyl (C=O) groups is 1. The number of nitrogens with zero attached hydrogens (tertiary/aromatic N) is 2. The number of halogens is 1. The van der Waals surface area contributed by atoms with E-state index >= 15 is 4.39 Å². The first-order valence-corrected chi connectivity index (χ1v) is 10.6. The fraction of sp³-hybridized carbons (Fsp3) is 0.545. The van der Waals surface area contributed by atoms with Gasteiger partial charge < -0.3 is 19.9 Å². The minimum Gasteiger partial charge on any atom is -0.462 e. The molecule has 3 aliphatic rings. The summed E-state index contributed by atoms with van der Waals surface area (Å²) in [5.41, 5.74) is 8.11. The molecule has 0 radical (unpaired) electrons. The smallest absolute Gasteiger partial charge is 0.343 e. The Morgan fingerprint density at radius 1 is 1.31 bits per heavy atom. The molecule has 2 aliphatic heterocycles. The maximum Gasteiger partial charge on any atom is 0.343 e. The quantitative estimate of drug-likeness (QED) is 0.803. The van der Waals surface area contributed by atoms with Crippen molar-refractivity contribution in [2.75, 3.05) is 18.1 Å². The number of aromatic nitrogens is 1. The molecule has 2 N–H and O–H groups in total. The van der Waals surface area contributed by atoms with Crippen molar-refractivity contribution in [1.29, 1.82) is 0 Å². The van der Waals surface area contributed by atoms with Gasteiger partial charge in [0.2, 0.25) is 5.43 Å². The van der Waals surface area contributed by atoms with Crippen LogP contribution in [0, 0.1) is 5.82 Å². The maximum absolute atomic E-state index is 15.4. The van der Waals surface area contributed by atoms with E-state index < -0.39 is 17.2 Å². The van der Waals surface area contributed by atoms with Crippen LogP contribution in [0.4, 0.5) is 10.1 Å². The van der Waals surface area contributed by atoms with Gasteiger partial charge in [0.15, 0.2) is 0 Å². The molecule has 29 heavy (non-hydrogen) atoms. The summed E-state index contributed by atoms with van der Waals surface area (Å²) in [7, 11) is 0. The number of aryl methyl sites for hydroxylation is 1. The molecule has 2 aromatic rings. The molecule has 2 atom stereocenters. The third-order valence-electron chi connectivity index (χ3n) is 6.59. The number of pyridine rings is 1. The summed E-state index contributed by atoms with van der Waals surface area (Å²) >= 11 is 0. The number of esters is 1. The average Bonchev–Trinajstić information content (AvgIpc) is 3.49. The molecular formula is C22H26FN3O3. The van der Waals surface area contributed by atoms with Crippen LogP contribution in [0.2, 0.25) is 0 Å². The van der Waals surface area contributed by atoms with Crippen molar-refractivity contribution in [3.05, 3.63) is 39.4 Å². The van der Waals surface area contributed by atoms with Crippen molar-refractivity contribution < 1.29 is 13.9 Å². The van der Waals surface area contributed by atoms with Crippen molar-refractivity contribution in [3.8, 4) is 0 Å². The predicted molar refractivity (Wildman–Crippen MR) is 109 cm³/mol. The fourth-order valence-electron chi connectivity index (χ4n) is 5.11. The van der Waals surface area contributed by atoms with Gasteiger partial charge >= 0.3 is 5.97 Å². The lowest BCUT2D eigenvalue weighted by Gasteiger charge is -2.29. The Morgan fingerprint density at radius 2 is 2.10 bits per heavy atom. The molecule has 6 nitrogen and oxygen atoms in total. The summed E-state index contributed by atoms with van der Waals surface area (Å²) in [6.45, 7) is 2.62. The number of benzene rings is 1. The predicted octanol–water partition coefficient (Wildman–Crippen LogP) is 2.89. The van der Waals surface area contributed by atoms with Crippen LogP contribution in [0.5, 0.6) is 0 Å². The number of fused-ring (bicyclic) bond motifs is 5. The van der Waals surface area contributed by atoms with Crippen molar-refractivity contribution >= 4 is 22.6 Å². The molecule has 1 aromatic carbocycles. The van der Waals surface area contributed by atoms with E-state index in [1.807, 2.05) is 4.57 Å². The molecule has 1 saturated heterocycles. The largest absolute Gasteiger partial charge is 0.462 e. The van der Waals surface area contributed by atoms with Gasteiger partial charge in [-0.15, -0.1) is 0 Å². The zero-order chi connectivity index (χ0) is 20.3. The first-order chi connectivity index (χ1) is 14.0. The molecule has 2 fully saturated rings. The minimum absolute atomic E-state index is 0.0136. The highest BCUT2D eigenvalue weighted by Gasteiger charge is 2.38. The zero-order valence-corrected chi connectivity index (χ0v) is 16.6. The molecule has 154 valence electrons. The van der Waals surface area contributed by atoms with E-state index in [1.165, 1.54) is 6.07 Å². The van der Waals surface area contributed by atoms with Crippen molar-refractivity contribution in [2.24, 2.45) is 5.73 Å². The second-order valence-corrected chi connectivity index (χ2v) is 8.42. The van der Waals surface area contributed by atoms with Gasteiger partial charge in [0.25, 0.3) is 0 Å². The molecule has 3 heterocycles. The lowest BCUT2D eigenvalue weighted by Crippen LogP contribution is -2.39. The highest BCUT2D eigenvalue weighted by Crippen LogP contribution is 2.43. The van der Waals surface area contributed by atoms with E-state index in [0.29, 0.717) is 12.1 Å². The number of carbonyl (C=O) groups excluding carboxylic acids is 1. The number of hydrogen-bond acceptors (Lipinski definition) is 5. The monoisotopic (exact) mass is 399 g/mol. The van der Waals surface area contributed by atoms with E-state index in [1.54, 1.807) is 13.1 Å². The summed E-state index contributed by atoms with van der Waals surface area (Å²) in [5, 5.41) is 0.278. The molecule has 0 bridgehead atoms. The third-order valence-corrected chi connectivity index (χ3v) is 6.59. The van der Waals surface area contributed by atoms with Gasteiger partial charge in [-0.1, -0.05) is 0 Å².